The van der Waals surface area contributed by atoms with Gasteiger partial charge in [-0.25, -0.2) is 0 Å². The lowest BCUT2D eigenvalue weighted by molar-refractivity contribution is 1.18. The van der Waals surface area contributed by atoms with Gasteiger partial charge < -0.3 is 5.73 Å². The summed E-state index contributed by atoms with van der Waals surface area (Å²) in [5.41, 5.74) is 19.8. The zero-order chi connectivity index (χ0) is 21.3. The lowest BCUT2D eigenvalue weighted by Gasteiger charge is -2.13. The molecule has 0 aliphatic heterocycles. The predicted molar refractivity (Wildman–Crippen MR) is 130 cm³/mol. The van der Waals surface area contributed by atoms with Crippen LogP contribution in [0.5, 0.6) is 0 Å². The average Bonchev–Trinajstić information content (AvgIpc) is 2.68. The molecule has 4 aromatic rings. The number of anilines is 1. The Labute approximate surface area is 180 Å². The normalized spacial score (nSPS) is 10.9. The second kappa shape index (κ2) is 8.20. The third kappa shape index (κ3) is 4.16. The summed E-state index contributed by atoms with van der Waals surface area (Å²) in [6.45, 7) is 8.71. The number of nitrogens with two attached hydrogens (primary N) is 1. The molecule has 0 fully saturated rings. The average molecular weight is 392 g/mol. The number of hydrogen-bond acceptors (Lipinski definition) is 1. The highest BCUT2D eigenvalue weighted by molar-refractivity contribution is 5.77. The van der Waals surface area contributed by atoms with E-state index in [4.69, 9.17) is 5.73 Å². The molecule has 4 aromatic carbocycles. The number of benzene rings is 4. The van der Waals surface area contributed by atoms with Crippen LogP contribution in [0.15, 0.2) is 78.9 Å². The monoisotopic (exact) mass is 391 g/mol. The van der Waals surface area contributed by atoms with Crippen molar-refractivity contribution in [1.82, 2.24) is 0 Å². The van der Waals surface area contributed by atoms with Gasteiger partial charge in [0.05, 0.1) is 0 Å². The molecule has 0 saturated heterocycles. The third-order valence-electron chi connectivity index (χ3n) is 5.74. The number of hydrogen-bond donors (Lipinski definition) is 1. The summed E-state index contributed by atoms with van der Waals surface area (Å²) in [5.74, 6) is 0. The third-order valence-corrected chi connectivity index (χ3v) is 5.74. The van der Waals surface area contributed by atoms with Crippen molar-refractivity contribution in [1.29, 1.82) is 0 Å². The van der Waals surface area contributed by atoms with Gasteiger partial charge in [-0.1, -0.05) is 83.9 Å². The lowest BCUT2D eigenvalue weighted by atomic mass is 9.92. The molecule has 0 bridgehead atoms. The second-order valence-corrected chi connectivity index (χ2v) is 8.44. The van der Waals surface area contributed by atoms with E-state index in [1.807, 2.05) is 18.2 Å². The van der Waals surface area contributed by atoms with Crippen LogP contribution in [-0.2, 0) is 6.42 Å². The van der Waals surface area contributed by atoms with Crippen LogP contribution in [0.1, 0.15) is 33.4 Å². The Kier molecular flexibility index (Phi) is 5.46. The van der Waals surface area contributed by atoms with Crippen molar-refractivity contribution in [3.05, 3.63) is 112 Å². The van der Waals surface area contributed by atoms with E-state index in [9.17, 15) is 0 Å². The Morgan fingerprint density at radius 3 is 1.90 bits per heavy atom. The molecule has 0 aliphatic carbocycles. The molecule has 1 nitrogen and oxygen atoms in total. The predicted octanol–water partition coefficient (Wildman–Crippen LogP) is 7.43. The second-order valence-electron chi connectivity index (χ2n) is 8.44. The van der Waals surface area contributed by atoms with Crippen molar-refractivity contribution in [2.75, 3.05) is 5.73 Å². The summed E-state index contributed by atoms with van der Waals surface area (Å²) < 4.78 is 0. The minimum absolute atomic E-state index is 0.822. The molecule has 0 saturated carbocycles. The molecule has 0 unspecified atom stereocenters. The van der Waals surface area contributed by atoms with Crippen LogP contribution < -0.4 is 5.73 Å². The molecule has 0 atom stereocenters. The molecule has 0 aromatic heterocycles. The van der Waals surface area contributed by atoms with Crippen molar-refractivity contribution >= 4 is 5.69 Å². The van der Waals surface area contributed by atoms with Gasteiger partial charge in [0, 0.05) is 11.3 Å². The van der Waals surface area contributed by atoms with Crippen molar-refractivity contribution in [3.63, 3.8) is 0 Å². The maximum atomic E-state index is 6.21. The Balaban J connectivity index is 1.62. The summed E-state index contributed by atoms with van der Waals surface area (Å²) in [7, 11) is 0. The smallest absolute Gasteiger partial charge is 0.0393 e. The standard InChI is InChI=1S/C29H29N/c1-19-13-21(3)29(22(4)14-19)25-11-9-23(10-12-25)17-24-15-20(2)16-26(18-24)27-7-5-6-8-28(27)30/h5-16,18H,17,30H2,1-4H3. The van der Waals surface area contributed by atoms with E-state index < -0.39 is 0 Å². The first-order valence-corrected chi connectivity index (χ1v) is 10.5. The van der Waals surface area contributed by atoms with Crippen LogP contribution in [0.2, 0.25) is 0 Å². The maximum Gasteiger partial charge on any atom is 0.0393 e. The zero-order valence-corrected chi connectivity index (χ0v) is 18.3. The number of rotatable bonds is 4. The van der Waals surface area contributed by atoms with E-state index in [1.54, 1.807) is 0 Å². The summed E-state index contributed by atoms with van der Waals surface area (Å²) in [4.78, 5) is 0. The molecule has 0 spiro atoms. The molecule has 1 heteroatoms. The van der Waals surface area contributed by atoms with Crippen LogP contribution in [0.25, 0.3) is 22.3 Å². The molecule has 4 rings (SSSR count). The van der Waals surface area contributed by atoms with Crippen molar-refractivity contribution in [3.8, 4) is 22.3 Å². The summed E-state index contributed by atoms with van der Waals surface area (Å²) in [6.07, 6.45) is 0.910. The molecular formula is C29H29N. The van der Waals surface area contributed by atoms with Gasteiger partial charge in [0.1, 0.15) is 0 Å². The molecule has 150 valence electrons. The molecule has 0 heterocycles. The summed E-state index contributed by atoms with van der Waals surface area (Å²) in [6, 6.07) is 28.4. The van der Waals surface area contributed by atoms with E-state index in [1.165, 1.54) is 50.1 Å². The highest BCUT2D eigenvalue weighted by Gasteiger charge is 2.08. The first-order chi connectivity index (χ1) is 14.4. The summed E-state index contributed by atoms with van der Waals surface area (Å²) in [5, 5.41) is 0. The molecule has 0 aliphatic rings. The van der Waals surface area contributed by atoms with Crippen LogP contribution in [0, 0.1) is 27.7 Å². The Bertz CT molecular complexity index is 1180. The lowest BCUT2D eigenvalue weighted by Crippen LogP contribution is -1.94. The highest BCUT2D eigenvalue weighted by Crippen LogP contribution is 2.30. The quantitative estimate of drug-likeness (QED) is 0.360. The van der Waals surface area contributed by atoms with E-state index in [-0.39, 0.29) is 0 Å². The SMILES string of the molecule is Cc1cc(Cc2ccc(-c3c(C)cc(C)cc3C)cc2)cc(-c2ccccc2N)c1. The first-order valence-electron chi connectivity index (χ1n) is 10.5. The number of nitrogen functional groups attached to an aromatic ring is 1. The van der Waals surface area contributed by atoms with Gasteiger partial charge in [-0.2, -0.15) is 0 Å². The van der Waals surface area contributed by atoms with Gasteiger partial charge >= 0.3 is 0 Å². The minimum Gasteiger partial charge on any atom is -0.398 e. The zero-order valence-electron chi connectivity index (χ0n) is 18.3. The fraction of sp³-hybridized carbons (Fsp3) is 0.172. The Morgan fingerprint density at radius 1 is 0.600 bits per heavy atom. The molecule has 0 radical (unpaired) electrons. The first kappa shape index (κ1) is 20.0. The van der Waals surface area contributed by atoms with Gasteiger partial charge in [0.2, 0.25) is 0 Å². The van der Waals surface area contributed by atoms with Crippen molar-refractivity contribution in [2.24, 2.45) is 0 Å². The largest absolute Gasteiger partial charge is 0.398 e. The molecule has 2 N–H and O–H groups in total. The van der Waals surface area contributed by atoms with E-state index in [0.717, 1.165) is 17.7 Å². The summed E-state index contributed by atoms with van der Waals surface area (Å²) >= 11 is 0. The van der Waals surface area contributed by atoms with Crippen molar-refractivity contribution in [2.45, 2.75) is 34.1 Å². The van der Waals surface area contributed by atoms with Gasteiger partial charge in [-0.3, -0.25) is 0 Å². The van der Waals surface area contributed by atoms with Crippen LogP contribution in [0.3, 0.4) is 0 Å². The minimum atomic E-state index is 0.822. The highest BCUT2D eigenvalue weighted by atomic mass is 14.6. The molecule has 0 amide bonds. The number of aryl methyl sites for hydroxylation is 4. The maximum absolute atomic E-state index is 6.21. The van der Waals surface area contributed by atoms with E-state index in [0.29, 0.717) is 0 Å². The van der Waals surface area contributed by atoms with Crippen LogP contribution >= 0.6 is 0 Å². The topological polar surface area (TPSA) is 26.0 Å². The van der Waals surface area contributed by atoms with Gasteiger partial charge in [-0.15, -0.1) is 0 Å². The fourth-order valence-corrected chi connectivity index (χ4v) is 4.54. The van der Waals surface area contributed by atoms with Crippen LogP contribution in [-0.4, -0.2) is 0 Å². The van der Waals surface area contributed by atoms with E-state index in [2.05, 4.69) is 88.4 Å². The van der Waals surface area contributed by atoms with Crippen LogP contribution in [0.4, 0.5) is 5.69 Å². The fourth-order valence-electron chi connectivity index (χ4n) is 4.54. The van der Waals surface area contributed by atoms with E-state index >= 15 is 0 Å². The number of para-hydroxylation sites is 1. The van der Waals surface area contributed by atoms with Gasteiger partial charge in [0.25, 0.3) is 0 Å². The van der Waals surface area contributed by atoms with Gasteiger partial charge in [-0.05, 0) is 79.1 Å². The van der Waals surface area contributed by atoms with Gasteiger partial charge in [0.15, 0.2) is 0 Å². The Hall–Kier alpha value is -3.32. The molecular weight excluding hydrogens is 362 g/mol. The Morgan fingerprint density at radius 2 is 1.23 bits per heavy atom. The van der Waals surface area contributed by atoms with Crippen molar-refractivity contribution < 1.29 is 0 Å². The molecule has 30 heavy (non-hydrogen) atoms.